The molecule has 6 rings (SSSR count). The zero-order valence-electron chi connectivity index (χ0n) is 25.2. The van der Waals surface area contributed by atoms with Gasteiger partial charge in [-0.25, -0.2) is 0 Å². The van der Waals surface area contributed by atoms with E-state index in [9.17, 15) is 14.7 Å². The molecule has 2 aliphatic carbocycles. The standard InChI is InChI=1S/C36H36O7/c1-19-6-7-21(12-20(19)2)24-13-27(38)35-32(17-24)43-33-18-25(22-9-11-29(40-3)31(15-22)42-5)14-28(39)36(33)34(35)23-8-10-26(37)30(16-23)41-4/h6-12,15-16,24-25,34,37H,13-14,17-18H2,1-5H3. The predicted octanol–water partition coefficient (Wildman–Crippen LogP) is 6.95. The van der Waals surface area contributed by atoms with E-state index in [1.54, 1.807) is 32.4 Å². The van der Waals surface area contributed by atoms with Crippen molar-refractivity contribution in [2.45, 2.75) is 57.3 Å². The number of aromatic hydroxyl groups is 1. The third kappa shape index (κ3) is 5.07. The minimum absolute atomic E-state index is 0.00465. The summed E-state index contributed by atoms with van der Waals surface area (Å²) in [6.07, 6.45) is 1.66. The van der Waals surface area contributed by atoms with Crippen molar-refractivity contribution in [2.75, 3.05) is 21.3 Å². The number of ketones is 2. The molecule has 0 amide bonds. The van der Waals surface area contributed by atoms with Crippen molar-refractivity contribution in [1.29, 1.82) is 0 Å². The lowest BCUT2D eigenvalue weighted by Crippen LogP contribution is -2.33. The lowest BCUT2D eigenvalue weighted by atomic mass is 9.69. The van der Waals surface area contributed by atoms with E-state index in [4.69, 9.17) is 18.9 Å². The normalized spacial score (nSPS) is 21.7. The predicted molar refractivity (Wildman–Crippen MR) is 162 cm³/mol. The van der Waals surface area contributed by atoms with Crippen LogP contribution in [0.1, 0.15) is 71.3 Å². The highest BCUT2D eigenvalue weighted by atomic mass is 16.5. The van der Waals surface area contributed by atoms with Crippen molar-refractivity contribution in [3.8, 4) is 23.0 Å². The number of hydrogen-bond acceptors (Lipinski definition) is 7. The lowest BCUT2D eigenvalue weighted by Gasteiger charge is -2.39. The number of methoxy groups -OCH3 is 3. The van der Waals surface area contributed by atoms with Gasteiger partial charge in [-0.05, 0) is 77.8 Å². The van der Waals surface area contributed by atoms with Crippen LogP contribution in [-0.4, -0.2) is 38.0 Å². The van der Waals surface area contributed by atoms with Gasteiger partial charge in [-0.3, -0.25) is 9.59 Å². The van der Waals surface area contributed by atoms with E-state index < -0.39 is 5.92 Å². The fourth-order valence-electron chi connectivity index (χ4n) is 6.72. The highest BCUT2D eigenvalue weighted by Crippen LogP contribution is 2.53. The number of aryl methyl sites for hydroxylation is 2. The van der Waals surface area contributed by atoms with Crippen LogP contribution in [0.25, 0.3) is 0 Å². The monoisotopic (exact) mass is 580 g/mol. The fourth-order valence-corrected chi connectivity index (χ4v) is 6.72. The molecule has 3 aromatic rings. The van der Waals surface area contributed by atoms with Crippen LogP contribution in [0.4, 0.5) is 0 Å². The van der Waals surface area contributed by atoms with E-state index in [1.165, 1.54) is 18.2 Å². The van der Waals surface area contributed by atoms with E-state index in [1.807, 2.05) is 18.2 Å². The molecular weight excluding hydrogens is 544 g/mol. The Bertz CT molecular complexity index is 1700. The maximum atomic E-state index is 14.0. The summed E-state index contributed by atoms with van der Waals surface area (Å²) in [6.45, 7) is 4.16. The molecule has 222 valence electrons. The second kappa shape index (κ2) is 11.3. The Morgan fingerprint density at radius 1 is 0.628 bits per heavy atom. The van der Waals surface area contributed by atoms with Gasteiger partial charge in [-0.2, -0.15) is 0 Å². The molecule has 1 N–H and O–H groups in total. The molecule has 7 nitrogen and oxygen atoms in total. The molecule has 3 aliphatic rings. The van der Waals surface area contributed by atoms with E-state index in [2.05, 4.69) is 32.0 Å². The van der Waals surface area contributed by atoms with Crippen LogP contribution in [0.15, 0.2) is 77.3 Å². The lowest BCUT2D eigenvalue weighted by molar-refractivity contribution is -0.118. The summed E-state index contributed by atoms with van der Waals surface area (Å²) >= 11 is 0. The Hall–Kier alpha value is -4.52. The molecule has 0 fully saturated rings. The minimum atomic E-state index is -0.597. The third-order valence-electron chi connectivity index (χ3n) is 9.17. The molecule has 3 unspecified atom stereocenters. The Morgan fingerprint density at radius 2 is 1.16 bits per heavy atom. The highest BCUT2D eigenvalue weighted by Gasteiger charge is 2.45. The van der Waals surface area contributed by atoms with Gasteiger partial charge >= 0.3 is 0 Å². The topological polar surface area (TPSA) is 91.3 Å². The average Bonchev–Trinajstić information content (AvgIpc) is 3.01. The number of phenolic OH excluding ortho intramolecular Hbond substituents is 1. The van der Waals surface area contributed by atoms with Gasteiger partial charge < -0.3 is 24.1 Å². The molecule has 0 saturated carbocycles. The number of ether oxygens (including phenoxy) is 4. The largest absolute Gasteiger partial charge is 0.504 e. The summed E-state index contributed by atoms with van der Waals surface area (Å²) in [5.74, 6) is 1.89. The van der Waals surface area contributed by atoms with E-state index in [0.29, 0.717) is 59.0 Å². The minimum Gasteiger partial charge on any atom is -0.504 e. The second-order valence-corrected chi connectivity index (χ2v) is 11.7. The van der Waals surface area contributed by atoms with E-state index in [-0.39, 0.29) is 41.3 Å². The molecule has 0 aromatic heterocycles. The Balaban J connectivity index is 1.44. The summed E-state index contributed by atoms with van der Waals surface area (Å²) in [5, 5.41) is 10.3. The first kappa shape index (κ1) is 28.6. The van der Waals surface area contributed by atoms with E-state index in [0.717, 1.165) is 11.1 Å². The number of rotatable bonds is 6. The van der Waals surface area contributed by atoms with Crippen LogP contribution in [0.3, 0.4) is 0 Å². The molecule has 0 spiro atoms. The van der Waals surface area contributed by atoms with Crippen LogP contribution in [-0.2, 0) is 14.3 Å². The third-order valence-corrected chi connectivity index (χ3v) is 9.17. The van der Waals surface area contributed by atoms with Gasteiger partial charge in [0.15, 0.2) is 34.6 Å². The zero-order valence-corrected chi connectivity index (χ0v) is 25.2. The Morgan fingerprint density at radius 3 is 1.74 bits per heavy atom. The van der Waals surface area contributed by atoms with Crippen LogP contribution < -0.4 is 14.2 Å². The average molecular weight is 581 g/mol. The van der Waals surface area contributed by atoms with Crippen LogP contribution in [0, 0.1) is 13.8 Å². The van der Waals surface area contributed by atoms with Gasteiger partial charge in [0.1, 0.15) is 11.5 Å². The van der Waals surface area contributed by atoms with Crippen molar-refractivity contribution in [2.24, 2.45) is 0 Å². The van der Waals surface area contributed by atoms with Crippen molar-refractivity contribution >= 4 is 11.6 Å². The number of allylic oxidation sites excluding steroid dienone is 4. The SMILES string of the molecule is COc1cc(C2C3=C(CC(c4ccc(C)c(C)c4)CC3=O)OC3=C2C(=O)CC(c2ccc(OC)c(OC)c2)C3)ccc1O. The van der Waals surface area contributed by atoms with Crippen LogP contribution in [0.5, 0.6) is 23.0 Å². The van der Waals surface area contributed by atoms with Gasteiger partial charge in [0.25, 0.3) is 0 Å². The summed E-state index contributed by atoms with van der Waals surface area (Å²) in [6, 6.07) is 17.1. The first-order valence-corrected chi connectivity index (χ1v) is 14.6. The number of benzene rings is 3. The summed E-state index contributed by atoms with van der Waals surface area (Å²) in [5.41, 5.74) is 6.22. The second-order valence-electron chi connectivity index (χ2n) is 11.7. The molecule has 3 aromatic carbocycles. The molecule has 0 saturated heterocycles. The molecule has 0 radical (unpaired) electrons. The van der Waals surface area contributed by atoms with Gasteiger partial charge in [-0.1, -0.05) is 30.3 Å². The molecular formula is C36H36O7. The van der Waals surface area contributed by atoms with Gasteiger partial charge in [0.2, 0.25) is 0 Å². The smallest absolute Gasteiger partial charge is 0.163 e. The molecule has 1 heterocycles. The quantitative estimate of drug-likeness (QED) is 0.337. The van der Waals surface area contributed by atoms with Crippen LogP contribution >= 0.6 is 0 Å². The summed E-state index contributed by atoms with van der Waals surface area (Å²) in [7, 11) is 4.67. The number of hydrogen-bond donors (Lipinski definition) is 1. The summed E-state index contributed by atoms with van der Waals surface area (Å²) in [4.78, 5) is 28.0. The number of carbonyl (C=O) groups excluding carboxylic acids is 2. The summed E-state index contributed by atoms with van der Waals surface area (Å²) < 4.78 is 23.0. The van der Waals surface area contributed by atoms with Crippen LogP contribution in [0.2, 0.25) is 0 Å². The van der Waals surface area contributed by atoms with Crippen molar-refractivity contribution in [1.82, 2.24) is 0 Å². The zero-order chi connectivity index (χ0) is 30.4. The molecule has 3 atom stereocenters. The van der Waals surface area contributed by atoms with Crippen molar-refractivity contribution < 1.29 is 33.6 Å². The van der Waals surface area contributed by atoms with Gasteiger partial charge in [-0.15, -0.1) is 0 Å². The first-order chi connectivity index (χ1) is 20.7. The van der Waals surface area contributed by atoms with E-state index >= 15 is 0 Å². The highest BCUT2D eigenvalue weighted by molar-refractivity contribution is 6.06. The molecule has 43 heavy (non-hydrogen) atoms. The van der Waals surface area contributed by atoms with Gasteiger partial charge in [0.05, 0.1) is 21.3 Å². The van der Waals surface area contributed by atoms with Crippen molar-refractivity contribution in [3.63, 3.8) is 0 Å². The molecule has 0 bridgehead atoms. The number of carbonyl (C=O) groups is 2. The van der Waals surface area contributed by atoms with Crippen molar-refractivity contribution in [3.05, 3.63) is 105 Å². The Labute approximate surface area is 251 Å². The number of phenols is 1. The maximum Gasteiger partial charge on any atom is 0.163 e. The van der Waals surface area contributed by atoms with Gasteiger partial charge in [0, 0.05) is 42.7 Å². The molecule has 1 aliphatic heterocycles. The fraction of sp³-hybridized carbons (Fsp3) is 0.333. The molecule has 7 heteroatoms. The first-order valence-electron chi connectivity index (χ1n) is 14.6. The number of Topliss-reactive ketones (excluding diaryl/α,β-unsaturated/α-hetero) is 2. The maximum absolute atomic E-state index is 14.0. The Kier molecular flexibility index (Phi) is 7.50.